The van der Waals surface area contributed by atoms with Crippen LogP contribution in [0, 0.1) is 13.8 Å². The predicted octanol–water partition coefficient (Wildman–Crippen LogP) is -0.377. The Balaban J connectivity index is 1.44. The summed E-state index contributed by atoms with van der Waals surface area (Å²) in [4.78, 5) is 27.6. The standard InChI is InChI=1S/C19H28N4O3/c1-14-3-4-17(11-15(14)2)23-13-16(12-18(23)24)21-19(25)20-5-6-22-7-9-26-10-8-22/h3-4,11,16H,5-10,12-13H2,1-2H3,(H2,20,21,25)/p+1/t16-/m0/s1. The lowest BCUT2D eigenvalue weighted by Gasteiger charge is -2.24. The van der Waals surface area contributed by atoms with Crippen LogP contribution >= 0.6 is 0 Å². The first-order chi connectivity index (χ1) is 12.5. The molecule has 0 aliphatic carbocycles. The molecule has 0 radical (unpaired) electrons. The fourth-order valence-corrected chi connectivity index (χ4v) is 3.45. The number of nitrogens with zero attached hydrogens (tertiary/aromatic N) is 1. The summed E-state index contributed by atoms with van der Waals surface area (Å²) >= 11 is 0. The Hall–Kier alpha value is -2.12. The summed E-state index contributed by atoms with van der Waals surface area (Å²) in [6, 6.07) is 5.67. The number of carbonyl (C=O) groups excluding carboxylic acids is 2. The van der Waals surface area contributed by atoms with E-state index in [0.29, 0.717) is 19.5 Å². The molecule has 142 valence electrons. The molecule has 2 heterocycles. The van der Waals surface area contributed by atoms with Crippen molar-refractivity contribution in [2.24, 2.45) is 0 Å². The third-order valence-corrected chi connectivity index (χ3v) is 5.23. The number of carbonyl (C=O) groups is 2. The lowest BCUT2D eigenvalue weighted by atomic mass is 10.1. The van der Waals surface area contributed by atoms with Crippen molar-refractivity contribution in [3.8, 4) is 0 Å². The molecular weight excluding hydrogens is 332 g/mol. The third kappa shape index (κ3) is 4.74. The number of benzene rings is 1. The van der Waals surface area contributed by atoms with Gasteiger partial charge < -0.3 is 25.2 Å². The minimum atomic E-state index is -0.197. The highest BCUT2D eigenvalue weighted by Gasteiger charge is 2.31. The van der Waals surface area contributed by atoms with Crippen LogP contribution in [0.15, 0.2) is 18.2 Å². The molecular formula is C19H29N4O3+. The summed E-state index contributed by atoms with van der Waals surface area (Å²) in [5, 5.41) is 5.83. The molecule has 7 nitrogen and oxygen atoms in total. The second kappa shape index (κ2) is 8.51. The number of hydrogen-bond donors (Lipinski definition) is 3. The van der Waals surface area contributed by atoms with Gasteiger partial charge in [0.05, 0.1) is 32.3 Å². The molecule has 0 aromatic heterocycles. The summed E-state index contributed by atoms with van der Waals surface area (Å²) in [7, 11) is 0. The fourth-order valence-electron chi connectivity index (χ4n) is 3.45. The number of hydrogen-bond acceptors (Lipinski definition) is 3. The highest BCUT2D eigenvalue weighted by molar-refractivity contribution is 5.96. The van der Waals surface area contributed by atoms with Gasteiger partial charge in [-0.25, -0.2) is 4.79 Å². The molecule has 1 atom stereocenters. The third-order valence-electron chi connectivity index (χ3n) is 5.23. The van der Waals surface area contributed by atoms with Gasteiger partial charge in [-0.15, -0.1) is 0 Å². The SMILES string of the molecule is Cc1ccc(N2C[C@@H](NC(=O)NCC[NH+]3CCOCC3)CC2=O)cc1C. The average molecular weight is 361 g/mol. The number of quaternary nitrogens is 1. The number of rotatable bonds is 5. The van der Waals surface area contributed by atoms with Gasteiger partial charge in [0, 0.05) is 18.7 Å². The molecule has 3 N–H and O–H groups in total. The molecule has 0 unspecified atom stereocenters. The smallest absolute Gasteiger partial charge is 0.315 e. The second-order valence-corrected chi connectivity index (χ2v) is 7.19. The van der Waals surface area contributed by atoms with E-state index in [1.165, 1.54) is 10.5 Å². The van der Waals surface area contributed by atoms with Gasteiger partial charge in [0.2, 0.25) is 5.91 Å². The maximum Gasteiger partial charge on any atom is 0.315 e. The Kier molecular flexibility index (Phi) is 6.11. The second-order valence-electron chi connectivity index (χ2n) is 7.19. The average Bonchev–Trinajstić information content (AvgIpc) is 2.98. The minimum absolute atomic E-state index is 0.0521. The van der Waals surface area contributed by atoms with Crippen LogP contribution in [0.1, 0.15) is 17.5 Å². The monoisotopic (exact) mass is 361 g/mol. The van der Waals surface area contributed by atoms with E-state index >= 15 is 0 Å². The van der Waals surface area contributed by atoms with E-state index in [0.717, 1.165) is 44.1 Å². The summed E-state index contributed by atoms with van der Waals surface area (Å²) in [6.45, 7) is 9.70. The van der Waals surface area contributed by atoms with Gasteiger partial charge in [0.25, 0.3) is 0 Å². The molecule has 0 saturated carbocycles. The first-order valence-electron chi connectivity index (χ1n) is 9.36. The van der Waals surface area contributed by atoms with Gasteiger partial charge in [0.1, 0.15) is 13.1 Å². The minimum Gasteiger partial charge on any atom is -0.370 e. The van der Waals surface area contributed by atoms with Crippen LogP contribution in [0.5, 0.6) is 0 Å². The van der Waals surface area contributed by atoms with E-state index in [4.69, 9.17) is 4.74 Å². The Labute approximate surface area is 154 Å². The van der Waals surface area contributed by atoms with Crippen LogP contribution in [-0.2, 0) is 9.53 Å². The van der Waals surface area contributed by atoms with Gasteiger partial charge in [-0.05, 0) is 37.1 Å². The molecule has 1 aromatic rings. The highest BCUT2D eigenvalue weighted by atomic mass is 16.5. The number of anilines is 1. The van der Waals surface area contributed by atoms with Gasteiger partial charge in [-0.2, -0.15) is 0 Å². The summed E-state index contributed by atoms with van der Waals surface area (Å²) < 4.78 is 5.33. The van der Waals surface area contributed by atoms with Crippen molar-refractivity contribution in [2.75, 3.05) is 50.8 Å². The van der Waals surface area contributed by atoms with Crippen molar-refractivity contribution in [3.63, 3.8) is 0 Å². The zero-order chi connectivity index (χ0) is 18.5. The van der Waals surface area contributed by atoms with E-state index in [9.17, 15) is 9.59 Å². The van der Waals surface area contributed by atoms with Crippen LogP contribution in [0.2, 0.25) is 0 Å². The number of nitrogens with one attached hydrogen (secondary N) is 3. The molecule has 2 aliphatic heterocycles. The first kappa shape index (κ1) is 18.7. The van der Waals surface area contributed by atoms with Gasteiger partial charge in [-0.1, -0.05) is 6.07 Å². The van der Waals surface area contributed by atoms with Gasteiger partial charge in [-0.3, -0.25) is 4.79 Å². The molecule has 2 aliphatic rings. The van der Waals surface area contributed by atoms with Crippen LogP contribution in [0.25, 0.3) is 0 Å². The van der Waals surface area contributed by atoms with Crippen molar-refractivity contribution >= 4 is 17.6 Å². The van der Waals surface area contributed by atoms with Crippen molar-refractivity contribution in [2.45, 2.75) is 26.3 Å². The number of aryl methyl sites for hydroxylation is 2. The highest BCUT2D eigenvalue weighted by Crippen LogP contribution is 2.23. The van der Waals surface area contributed by atoms with E-state index < -0.39 is 0 Å². The normalized spacial score (nSPS) is 21.1. The molecule has 0 bridgehead atoms. The Morgan fingerprint density at radius 3 is 2.77 bits per heavy atom. The number of morpholine rings is 1. The van der Waals surface area contributed by atoms with Gasteiger partial charge >= 0.3 is 6.03 Å². The van der Waals surface area contributed by atoms with Crippen molar-refractivity contribution < 1.29 is 19.2 Å². The topological polar surface area (TPSA) is 75.1 Å². The molecule has 1 aromatic carbocycles. The number of ether oxygens (including phenoxy) is 1. The van der Waals surface area contributed by atoms with E-state index in [1.807, 2.05) is 25.1 Å². The largest absolute Gasteiger partial charge is 0.370 e. The molecule has 0 spiro atoms. The van der Waals surface area contributed by atoms with Crippen LogP contribution in [0.4, 0.5) is 10.5 Å². The van der Waals surface area contributed by atoms with E-state index in [1.54, 1.807) is 4.90 Å². The molecule has 2 saturated heterocycles. The molecule has 3 rings (SSSR count). The first-order valence-corrected chi connectivity index (χ1v) is 9.36. The zero-order valence-electron chi connectivity index (χ0n) is 15.6. The Morgan fingerprint density at radius 2 is 2.04 bits per heavy atom. The van der Waals surface area contributed by atoms with Crippen LogP contribution < -0.4 is 20.4 Å². The predicted molar refractivity (Wildman–Crippen MR) is 99.6 cm³/mol. The van der Waals surface area contributed by atoms with Crippen LogP contribution in [-0.4, -0.2) is 63.9 Å². The lowest BCUT2D eigenvalue weighted by molar-refractivity contribution is -0.906. The van der Waals surface area contributed by atoms with Crippen molar-refractivity contribution in [3.05, 3.63) is 29.3 Å². The lowest BCUT2D eigenvalue weighted by Crippen LogP contribution is -3.14. The molecule has 26 heavy (non-hydrogen) atoms. The summed E-state index contributed by atoms with van der Waals surface area (Å²) in [5.74, 6) is 0.0521. The molecule has 2 fully saturated rings. The van der Waals surface area contributed by atoms with E-state index in [-0.39, 0.29) is 18.0 Å². The number of amides is 3. The van der Waals surface area contributed by atoms with E-state index in [2.05, 4.69) is 17.6 Å². The Morgan fingerprint density at radius 1 is 1.27 bits per heavy atom. The maximum absolute atomic E-state index is 12.3. The summed E-state index contributed by atoms with van der Waals surface area (Å²) in [5.41, 5.74) is 3.27. The van der Waals surface area contributed by atoms with Crippen molar-refractivity contribution in [1.82, 2.24) is 10.6 Å². The van der Waals surface area contributed by atoms with Crippen molar-refractivity contribution in [1.29, 1.82) is 0 Å². The Bertz CT molecular complexity index is 658. The zero-order valence-corrected chi connectivity index (χ0v) is 15.6. The summed E-state index contributed by atoms with van der Waals surface area (Å²) in [6.07, 6.45) is 0.342. The fraction of sp³-hybridized carbons (Fsp3) is 0.579. The molecule has 7 heteroatoms. The number of urea groups is 1. The maximum atomic E-state index is 12.3. The molecule has 3 amide bonds. The van der Waals surface area contributed by atoms with Crippen LogP contribution in [0.3, 0.4) is 0 Å². The van der Waals surface area contributed by atoms with Gasteiger partial charge in [0.15, 0.2) is 0 Å². The quantitative estimate of drug-likeness (QED) is 0.670.